The highest BCUT2D eigenvalue weighted by Gasteiger charge is 2.11. The maximum Gasteiger partial charge on any atom is 0.287 e. The molecule has 0 radical (unpaired) electrons. The SMILES string of the molecule is CCNC(=NCc1c(C)nn(C)c1C)NCCCNC(=O)c1occc1C.I. The van der Waals surface area contributed by atoms with Gasteiger partial charge in [-0.15, -0.1) is 24.0 Å². The zero-order valence-corrected chi connectivity index (χ0v) is 19.6. The standard InChI is InChI=1S/C19H30N6O2.HI/c1-6-20-19(23-12-16-14(3)24-25(5)15(16)4)22-10-7-9-21-18(26)17-13(2)8-11-27-17;/h8,11H,6-7,9-10,12H2,1-5H3,(H,21,26)(H2,20,22,23);1H. The molecule has 8 nitrogen and oxygen atoms in total. The van der Waals surface area contributed by atoms with Gasteiger partial charge in [-0.2, -0.15) is 5.10 Å². The first kappa shape index (κ1) is 24.0. The Hall–Kier alpha value is -2.04. The van der Waals surface area contributed by atoms with Gasteiger partial charge in [0, 0.05) is 43.5 Å². The molecule has 2 rings (SSSR count). The van der Waals surface area contributed by atoms with Gasteiger partial charge in [0.1, 0.15) is 0 Å². The van der Waals surface area contributed by atoms with Gasteiger partial charge in [-0.05, 0) is 40.2 Å². The van der Waals surface area contributed by atoms with Crippen molar-refractivity contribution in [3.05, 3.63) is 40.6 Å². The molecular formula is C19H31IN6O2. The minimum absolute atomic E-state index is 0. The van der Waals surface area contributed by atoms with E-state index in [9.17, 15) is 4.79 Å². The van der Waals surface area contributed by atoms with E-state index in [0.29, 0.717) is 25.4 Å². The van der Waals surface area contributed by atoms with Crippen molar-refractivity contribution in [1.82, 2.24) is 25.7 Å². The zero-order chi connectivity index (χ0) is 19.8. The molecule has 2 heterocycles. The summed E-state index contributed by atoms with van der Waals surface area (Å²) in [6.45, 7) is 10.6. The van der Waals surface area contributed by atoms with Gasteiger partial charge in [0.25, 0.3) is 5.91 Å². The molecule has 1 amide bonds. The lowest BCUT2D eigenvalue weighted by Crippen LogP contribution is -2.38. The molecule has 0 saturated carbocycles. The number of furan rings is 1. The summed E-state index contributed by atoms with van der Waals surface area (Å²) in [5.41, 5.74) is 4.12. The first-order valence-corrected chi connectivity index (χ1v) is 9.27. The summed E-state index contributed by atoms with van der Waals surface area (Å²) < 4.78 is 7.06. The van der Waals surface area contributed by atoms with Crippen LogP contribution in [-0.2, 0) is 13.6 Å². The van der Waals surface area contributed by atoms with Crippen LogP contribution in [0.5, 0.6) is 0 Å². The summed E-state index contributed by atoms with van der Waals surface area (Å²) in [6, 6.07) is 1.78. The van der Waals surface area contributed by atoms with Crippen molar-refractivity contribution in [2.45, 2.75) is 40.7 Å². The predicted molar refractivity (Wildman–Crippen MR) is 121 cm³/mol. The molecule has 0 aliphatic carbocycles. The van der Waals surface area contributed by atoms with Crippen LogP contribution in [0, 0.1) is 20.8 Å². The monoisotopic (exact) mass is 502 g/mol. The molecule has 0 spiro atoms. The Morgan fingerprint density at radius 2 is 1.93 bits per heavy atom. The molecule has 9 heteroatoms. The summed E-state index contributed by atoms with van der Waals surface area (Å²) in [6.07, 6.45) is 2.30. The van der Waals surface area contributed by atoms with E-state index >= 15 is 0 Å². The lowest BCUT2D eigenvalue weighted by Gasteiger charge is -2.11. The number of carbonyl (C=O) groups is 1. The van der Waals surface area contributed by atoms with Crippen molar-refractivity contribution >= 4 is 35.8 Å². The number of amides is 1. The van der Waals surface area contributed by atoms with E-state index in [4.69, 9.17) is 4.42 Å². The summed E-state index contributed by atoms with van der Waals surface area (Å²) in [4.78, 5) is 16.6. The van der Waals surface area contributed by atoms with E-state index in [1.807, 2.05) is 32.5 Å². The number of aryl methyl sites for hydroxylation is 3. The van der Waals surface area contributed by atoms with Crippen LogP contribution >= 0.6 is 24.0 Å². The van der Waals surface area contributed by atoms with Gasteiger partial charge in [0.05, 0.1) is 18.5 Å². The normalized spacial score (nSPS) is 11.1. The number of aromatic nitrogens is 2. The molecular weight excluding hydrogens is 471 g/mol. The summed E-state index contributed by atoms with van der Waals surface area (Å²) in [5.74, 6) is 0.953. The van der Waals surface area contributed by atoms with Gasteiger partial charge >= 0.3 is 0 Å². The third-order valence-corrected chi connectivity index (χ3v) is 4.40. The van der Waals surface area contributed by atoms with E-state index in [1.165, 1.54) is 6.26 Å². The lowest BCUT2D eigenvalue weighted by molar-refractivity contribution is 0.0925. The van der Waals surface area contributed by atoms with Crippen molar-refractivity contribution in [3.63, 3.8) is 0 Å². The van der Waals surface area contributed by atoms with Crippen LogP contribution in [0.25, 0.3) is 0 Å². The van der Waals surface area contributed by atoms with Crippen molar-refractivity contribution in [3.8, 4) is 0 Å². The highest BCUT2D eigenvalue weighted by Crippen LogP contribution is 2.12. The lowest BCUT2D eigenvalue weighted by atomic mass is 10.2. The Balaban J connectivity index is 0.00000392. The molecule has 0 bridgehead atoms. The van der Waals surface area contributed by atoms with Gasteiger partial charge in [-0.25, -0.2) is 4.99 Å². The minimum Gasteiger partial charge on any atom is -0.459 e. The molecule has 0 aliphatic heterocycles. The number of nitrogens with one attached hydrogen (secondary N) is 3. The Morgan fingerprint density at radius 1 is 1.21 bits per heavy atom. The molecule has 0 atom stereocenters. The molecule has 0 aromatic carbocycles. The van der Waals surface area contributed by atoms with Gasteiger partial charge in [-0.3, -0.25) is 9.48 Å². The predicted octanol–water partition coefficient (Wildman–Crippen LogP) is 2.43. The van der Waals surface area contributed by atoms with Crippen LogP contribution in [0.2, 0.25) is 0 Å². The second kappa shape index (κ2) is 11.7. The first-order valence-electron chi connectivity index (χ1n) is 9.27. The van der Waals surface area contributed by atoms with Crippen molar-refractivity contribution in [2.75, 3.05) is 19.6 Å². The van der Waals surface area contributed by atoms with Crippen LogP contribution in [0.3, 0.4) is 0 Å². The fraction of sp³-hybridized carbons (Fsp3) is 0.526. The Bertz CT molecular complexity index is 796. The Morgan fingerprint density at radius 3 is 2.50 bits per heavy atom. The number of rotatable bonds is 8. The molecule has 28 heavy (non-hydrogen) atoms. The fourth-order valence-electron chi connectivity index (χ4n) is 2.73. The van der Waals surface area contributed by atoms with Gasteiger partial charge < -0.3 is 20.4 Å². The minimum atomic E-state index is -0.180. The third-order valence-electron chi connectivity index (χ3n) is 4.40. The first-order chi connectivity index (χ1) is 12.9. The molecule has 156 valence electrons. The van der Waals surface area contributed by atoms with Gasteiger partial charge in [-0.1, -0.05) is 0 Å². The van der Waals surface area contributed by atoms with E-state index in [2.05, 4.69) is 33.0 Å². The largest absolute Gasteiger partial charge is 0.459 e. The van der Waals surface area contributed by atoms with E-state index in [1.54, 1.807) is 6.07 Å². The highest BCUT2D eigenvalue weighted by atomic mass is 127. The number of aliphatic imine (C=N–C) groups is 1. The second-order valence-corrected chi connectivity index (χ2v) is 6.44. The average molecular weight is 502 g/mol. The molecule has 0 saturated heterocycles. The van der Waals surface area contributed by atoms with Crippen LogP contribution < -0.4 is 16.0 Å². The van der Waals surface area contributed by atoms with E-state index < -0.39 is 0 Å². The van der Waals surface area contributed by atoms with E-state index in [-0.39, 0.29) is 29.9 Å². The number of hydrogen-bond donors (Lipinski definition) is 3. The average Bonchev–Trinajstić information content (AvgIpc) is 3.16. The molecule has 3 N–H and O–H groups in total. The maximum atomic E-state index is 12.0. The Labute approximate surface area is 183 Å². The molecule has 2 aromatic rings. The van der Waals surface area contributed by atoms with Crippen LogP contribution in [-0.4, -0.2) is 41.3 Å². The summed E-state index contributed by atoms with van der Waals surface area (Å²) in [5, 5.41) is 13.8. The molecule has 2 aromatic heterocycles. The third kappa shape index (κ3) is 6.54. The fourth-order valence-corrected chi connectivity index (χ4v) is 2.73. The molecule has 0 unspecified atom stereocenters. The number of hydrogen-bond acceptors (Lipinski definition) is 4. The van der Waals surface area contributed by atoms with Crippen LogP contribution in [0.4, 0.5) is 0 Å². The van der Waals surface area contributed by atoms with Crippen LogP contribution in [0.1, 0.15) is 46.4 Å². The van der Waals surface area contributed by atoms with Crippen molar-refractivity contribution < 1.29 is 9.21 Å². The maximum absolute atomic E-state index is 12.0. The quantitative estimate of drug-likeness (QED) is 0.223. The Kier molecular flexibility index (Phi) is 10.0. The summed E-state index contributed by atoms with van der Waals surface area (Å²) >= 11 is 0. The number of halogens is 1. The number of guanidine groups is 1. The highest BCUT2D eigenvalue weighted by molar-refractivity contribution is 14.0. The number of nitrogens with zero attached hydrogens (tertiary/aromatic N) is 3. The summed E-state index contributed by atoms with van der Waals surface area (Å²) in [7, 11) is 1.94. The van der Waals surface area contributed by atoms with Crippen LogP contribution in [0.15, 0.2) is 21.7 Å². The van der Waals surface area contributed by atoms with Gasteiger partial charge in [0.15, 0.2) is 11.7 Å². The second-order valence-electron chi connectivity index (χ2n) is 6.44. The zero-order valence-electron chi connectivity index (χ0n) is 17.3. The van der Waals surface area contributed by atoms with Crippen molar-refractivity contribution in [2.24, 2.45) is 12.0 Å². The smallest absolute Gasteiger partial charge is 0.287 e. The molecule has 0 fully saturated rings. The van der Waals surface area contributed by atoms with Gasteiger partial charge in [0.2, 0.25) is 0 Å². The van der Waals surface area contributed by atoms with E-state index in [0.717, 1.165) is 41.4 Å². The molecule has 0 aliphatic rings. The number of carbonyl (C=O) groups excluding carboxylic acids is 1. The van der Waals surface area contributed by atoms with Crippen molar-refractivity contribution in [1.29, 1.82) is 0 Å². The topological polar surface area (TPSA) is 96.5 Å².